The lowest BCUT2D eigenvalue weighted by molar-refractivity contribution is -0.141. The number of alkyl halides is 3. The second-order valence-corrected chi connectivity index (χ2v) is 8.73. The molecule has 0 aliphatic carbocycles. The second kappa shape index (κ2) is 8.13. The fourth-order valence-corrected chi connectivity index (χ4v) is 3.88. The van der Waals surface area contributed by atoms with Crippen LogP contribution in [-0.2, 0) is 23.1 Å². The normalized spacial score (nSPS) is 12.2. The number of hydrogen-bond acceptors (Lipinski definition) is 6. The molecule has 0 aliphatic heterocycles. The Kier molecular flexibility index (Phi) is 5.89. The zero-order chi connectivity index (χ0) is 23.0. The molecule has 0 radical (unpaired) electrons. The van der Waals surface area contributed by atoms with Gasteiger partial charge in [0, 0.05) is 13.6 Å². The van der Waals surface area contributed by atoms with Gasteiger partial charge in [0.25, 0.3) is 0 Å². The Labute approximate surface area is 175 Å². The predicted octanol–water partition coefficient (Wildman–Crippen LogP) is 2.98. The van der Waals surface area contributed by atoms with Crippen molar-refractivity contribution in [3.63, 3.8) is 0 Å². The fraction of sp³-hybridized carbons (Fsp3) is 0.333. The molecule has 31 heavy (non-hydrogen) atoms. The predicted molar refractivity (Wildman–Crippen MR) is 107 cm³/mol. The number of nitrogens with one attached hydrogen (secondary N) is 2. The number of halogens is 3. The summed E-state index contributed by atoms with van der Waals surface area (Å²) in [7, 11) is -2.25. The molecular weight excluding hydrogens is 437 g/mol. The van der Waals surface area contributed by atoms with Crippen molar-refractivity contribution in [2.24, 2.45) is 7.05 Å². The largest absolute Gasteiger partial charge is 0.433 e. The van der Waals surface area contributed by atoms with E-state index in [-0.39, 0.29) is 39.0 Å². The highest BCUT2D eigenvalue weighted by atomic mass is 32.2. The lowest BCUT2D eigenvalue weighted by Gasteiger charge is -2.12. The molecule has 9 nitrogen and oxygen atoms in total. The molecule has 0 spiro atoms. The van der Waals surface area contributed by atoms with Crippen LogP contribution >= 0.6 is 0 Å². The van der Waals surface area contributed by atoms with E-state index >= 15 is 0 Å². The number of hydrogen-bond donors (Lipinski definition) is 2. The molecule has 0 saturated carbocycles. The van der Waals surface area contributed by atoms with Crippen LogP contribution in [0.1, 0.15) is 19.5 Å². The van der Waals surface area contributed by atoms with Crippen LogP contribution in [0.3, 0.4) is 0 Å². The third-order valence-corrected chi connectivity index (χ3v) is 6.18. The van der Waals surface area contributed by atoms with Gasteiger partial charge in [-0.2, -0.15) is 13.2 Å². The summed E-state index contributed by atoms with van der Waals surface area (Å²) in [5.74, 6) is -0.158. The highest BCUT2D eigenvalue weighted by Gasteiger charge is 2.33. The molecule has 2 amide bonds. The van der Waals surface area contributed by atoms with Gasteiger partial charge in [0.05, 0.1) is 27.9 Å². The average molecular weight is 456 g/mol. The monoisotopic (exact) mass is 456 g/mol. The maximum Gasteiger partial charge on any atom is 0.433 e. The number of fused-ring (bicyclic) bond motifs is 1. The Morgan fingerprint density at radius 1 is 1.19 bits per heavy atom. The van der Waals surface area contributed by atoms with Gasteiger partial charge in [-0.05, 0) is 25.1 Å². The van der Waals surface area contributed by atoms with Crippen molar-refractivity contribution in [2.45, 2.75) is 24.9 Å². The number of rotatable bonds is 5. The molecular formula is C18H19F3N6O3S. The van der Waals surface area contributed by atoms with Gasteiger partial charge in [0.2, 0.25) is 0 Å². The number of anilines is 1. The maximum atomic E-state index is 13.0. The smallest absolute Gasteiger partial charge is 0.338 e. The molecule has 2 N–H and O–H groups in total. The van der Waals surface area contributed by atoms with E-state index in [0.29, 0.717) is 6.54 Å². The summed E-state index contributed by atoms with van der Waals surface area (Å²) in [4.78, 5) is 23.5. The fourth-order valence-electron chi connectivity index (χ4n) is 2.86. The van der Waals surface area contributed by atoms with Crippen molar-refractivity contribution in [1.82, 2.24) is 24.8 Å². The van der Waals surface area contributed by atoms with Crippen molar-refractivity contribution in [1.29, 1.82) is 0 Å². The van der Waals surface area contributed by atoms with Gasteiger partial charge in [-0.1, -0.05) is 6.92 Å². The van der Waals surface area contributed by atoms with E-state index in [1.807, 2.05) is 0 Å². The first kappa shape index (κ1) is 22.5. The Balaban J connectivity index is 2.22. The highest BCUT2D eigenvalue weighted by molar-refractivity contribution is 7.91. The molecule has 0 aliphatic rings. The molecule has 0 fully saturated rings. The topological polar surface area (TPSA) is 119 Å². The SMILES string of the molecule is CCNC(=O)Nc1ccc(S(=O)(=O)CC)c(-c2nc3cc(C(F)(F)F)ncc3n2C)n1. The summed E-state index contributed by atoms with van der Waals surface area (Å²) in [6.07, 6.45) is -3.64. The number of aryl methyl sites for hydroxylation is 1. The summed E-state index contributed by atoms with van der Waals surface area (Å²) >= 11 is 0. The average Bonchev–Trinajstić information content (AvgIpc) is 3.03. The molecule has 0 bridgehead atoms. The number of carbonyl (C=O) groups excluding carboxylic acids is 1. The first-order chi connectivity index (χ1) is 14.5. The summed E-state index contributed by atoms with van der Waals surface area (Å²) in [5, 5.41) is 5.00. The van der Waals surface area contributed by atoms with Gasteiger partial charge in [0.1, 0.15) is 17.2 Å². The molecule has 0 aromatic carbocycles. The van der Waals surface area contributed by atoms with Crippen LogP contribution in [-0.4, -0.2) is 46.3 Å². The molecule has 0 atom stereocenters. The number of imidazole rings is 1. The zero-order valence-corrected chi connectivity index (χ0v) is 17.6. The molecule has 3 heterocycles. The van der Waals surface area contributed by atoms with Gasteiger partial charge >= 0.3 is 12.2 Å². The molecule has 3 aromatic heterocycles. The van der Waals surface area contributed by atoms with E-state index in [9.17, 15) is 26.4 Å². The van der Waals surface area contributed by atoms with E-state index < -0.39 is 27.7 Å². The quantitative estimate of drug-likeness (QED) is 0.609. The zero-order valence-electron chi connectivity index (χ0n) is 16.8. The number of pyridine rings is 2. The molecule has 0 unspecified atom stereocenters. The number of sulfone groups is 1. The van der Waals surface area contributed by atoms with Gasteiger partial charge in [-0.25, -0.2) is 28.2 Å². The van der Waals surface area contributed by atoms with Crippen molar-refractivity contribution < 1.29 is 26.4 Å². The summed E-state index contributed by atoms with van der Waals surface area (Å²) in [6, 6.07) is 2.84. The van der Waals surface area contributed by atoms with Crippen molar-refractivity contribution in [3.8, 4) is 11.5 Å². The molecule has 13 heteroatoms. The van der Waals surface area contributed by atoms with E-state index in [2.05, 4.69) is 25.6 Å². The number of carbonyl (C=O) groups is 1. The van der Waals surface area contributed by atoms with Crippen molar-refractivity contribution in [2.75, 3.05) is 17.6 Å². The summed E-state index contributed by atoms with van der Waals surface area (Å²) in [5.41, 5.74) is -0.982. The minimum Gasteiger partial charge on any atom is -0.338 e. The Morgan fingerprint density at radius 2 is 1.90 bits per heavy atom. The maximum absolute atomic E-state index is 13.0. The van der Waals surface area contributed by atoms with E-state index in [1.165, 1.54) is 30.7 Å². The van der Waals surface area contributed by atoms with Crippen LogP contribution in [0, 0.1) is 0 Å². The Bertz CT molecular complexity index is 1250. The Morgan fingerprint density at radius 3 is 2.52 bits per heavy atom. The number of aromatic nitrogens is 4. The van der Waals surface area contributed by atoms with Crippen molar-refractivity contribution >= 4 is 32.7 Å². The van der Waals surface area contributed by atoms with Crippen LogP contribution in [0.25, 0.3) is 22.6 Å². The van der Waals surface area contributed by atoms with Gasteiger partial charge in [-0.15, -0.1) is 0 Å². The first-order valence-electron chi connectivity index (χ1n) is 9.16. The van der Waals surface area contributed by atoms with Crippen molar-refractivity contribution in [3.05, 3.63) is 30.1 Å². The van der Waals surface area contributed by atoms with Crippen LogP contribution in [0.5, 0.6) is 0 Å². The molecule has 166 valence electrons. The number of urea groups is 1. The minimum absolute atomic E-state index is 0.0164. The van der Waals surface area contributed by atoms with E-state index in [1.54, 1.807) is 6.92 Å². The van der Waals surface area contributed by atoms with E-state index in [0.717, 1.165) is 12.3 Å². The van der Waals surface area contributed by atoms with Gasteiger partial charge in [-0.3, -0.25) is 5.32 Å². The standard InChI is InChI=1S/C18H19F3N6O3S/c1-4-22-17(28)26-14-7-6-12(31(29,30)5-2)15(25-14)16-24-10-8-13(18(19,20)21)23-9-11(10)27(16)3/h6-9H,4-5H2,1-3H3,(H2,22,25,26,28). The summed E-state index contributed by atoms with van der Waals surface area (Å²) in [6.45, 7) is 3.53. The molecule has 3 aromatic rings. The third-order valence-electron chi connectivity index (χ3n) is 4.42. The lowest BCUT2D eigenvalue weighted by Crippen LogP contribution is -2.28. The third kappa shape index (κ3) is 4.45. The number of nitrogens with zero attached hydrogens (tertiary/aromatic N) is 4. The van der Waals surface area contributed by atoms with Gasteiger partial charge in [0.15, 0.2) is 15.7 Å². The lowest BCUT2D eigenvalue weighted by atomic mass is 10.3. The Hall–Kier alpha value is -3.22. The molecule has 3 rings (SSSR count). The van der Waals surface area contributed by atoms with E-state index in [4.69, 9.17) is 0 Å². The van der Waals surface area contributed by atoms with Crippen LogP contribution in [0.4, 0.5) is 23.8 Å². The highest BCUT2D eigenvalue weighted by Crippen LogP contribution is 2.32. The summed E-state index contributed by atoms with van der Waals surface area (Å²) < 4.78 is 65.7. The first-order valence-corrected chi connectivity index (χ1v) is 10.8. The minimum atomic E-state index is -4.66. The van der Waals surface area contributed by atoms with Crippen LogP contribution in [0.2, 0.25) is 0 Å². The van der Waals surface area contributed by atoms with Crippen LogP contribution < -0.4 is 10.6 Å². The number of amides is 2. The van der Waals surface area contributed by atoms with Crippen LogP contribution in [0.15, 0.2) is 29.3 Å². The van der Waals surface area contributed by atoms with Gasteiger partial charge < -0.3 is 9.88 Å². The second-order valence-electron chi connectivity index (χ2n) is 6.48. The molecule has 0 saturated heterocycles.